The van der Waals surface area contributed by atoms with Gasteiger partial charge in [0.2, 0.25) is 5.85 Å². The lowest BCUT2D eigenvalue weighted by Gasteiger charge is -2.34. The summed E-state index contributed by atoms with van der Waals surface area (Å²) in [6.45, 7) is 0.583. The fourth-order valence-electron chi connectivity index (χ4n) is 3.83. The topological polar surface area (TPSA) is 33.3 Å². The Labute approximate surface area is 150 Å². The van der Waals surface area contributed by atoms with Gasteiger partial charge in [-0.2, -0.15) is 0 Å². The molecule has 3 rings (SSSR count). The van der Waals surface area contributed by atoms with E-state index in [-0.39, 0.29) is 5.92 Å². The number of alkyl halides is 1. The molecule has 25 heavy (non-hydrogen) atoms. The molecular formula is C21H29FN2O. The average Bonchev–Trinajstić information content (AvgIpc) is 2.68. The van der Waals surface area contributed by atoms with Crippen molar-refractivity contribution < 1.29 is 9.13 Å². The Balaban J connectivity index is 1.66. The molecule has 1 fully saturated rings. The molecule has 3 nitrogen and oxygen atoms in total. The molecular weight excluding hydrogens is 315 g/mol. The summed E-state index contributed by atoms with van der Waals surface area (Å²) in [5, 5.41) is 6.92. The van der Waals surface area contributed by atoms with Gasteiger partial charge in [-0.1, -0.05) is 42.5 Å². The van der Waals surface area contributed by atoms with E-state index in [1.807, 2.05) is 37.4 Å². The normalized spacial score (nSPS) is 32.4. The number of nitrogens with one attached hydrogen (secondary N) is 2. The van der Waals surface area contributed by atoms with Crippen molar-refractivity contribution in [2.45, 2.75) is 43.6 Å². The van der Waals surface area contributed by atoms with Crippen molar-refractivity contribution in [2.24, 2.45) is 5.92 Å². The third-order valence-corrected chi connectivity index (χ3v) is 5.56. The second-order valence-electron chi connectivity index (χ2n) is 7.08. The van der Waals surface area contributed by atoms with Gasteiger partial charge in [-0.05, 0) is 49.9 Å². The van der Waals surface area contributed by atoms with Crippen LogP contribution in [0.2, 0.25) is 0 Å². The highest BCUT2D eigenvalue weighted by Crippen LogP contribution is 2.35. The Morgan fingerprint density at radius 2 is 1.80 bits per heavy atom. The summed E-state index contributed by atoms with van der Waals surface area (Å²) in [7, 11) is 3.47. The Kier molecular flexibility index (Phi) is 6.05. The van der Waals surface area contributed by atoms with Gasteiger partial charge < -0.3 is 15.4 Å². The minimum Gasteiger partial charge on any atom is -0.346 e. The summed E-state index contributed by atoms with van der Waals surface area (Å²) in [5.74, 6) is -2.08. The molecule has 2 unspecified atom stereocenters. The van der Waals surface area contributed by atoms with Crippen LogP contribution < -0.4 is 10.6 Å². The van der Waals surface area contributed by atoms with Crippen LogP contribution in [0, 0.1) is 5.92 Å². The summed E-state index contributed by atoms with van der Waals surface area (Å²) in [4.78, 5) is 0. The van der Waals surface area contributed by atoms with Gasteiger partial charge in [0.05, 0.1) is 5.92 Å². The lowest BCUT2D eigenvalue weighted by Crippen LogP contribution is -2.45. The predicted octanol–water partition coefficient (Wildman–Crippen LogP) is 3.69. The maximum Gasteiger partial charge on any atom is 0.236 e. The first-order valence-corrected chi connectivity index (χ1v) is 9.26. The second kappa shape index (κ2) is 8.26. The quantitative estimate of drug-likeness (QED) is 0.826. The van der Waals surface area contributed by atoms with Crippen molar-refractivity contribution in [3.05, 3.63) is 54.1 Å². The van der Waals surface area contributed by atoms with Crippen LogP contribution in [-0.2, 0) is 4.74 Å². The third kappa shape index (κ3) is 4.38. The van der Waals surface area contributed by atoms with Crippen molar-refractivity contribution in [1.29, 1.82) is 0 Å². The van der Waals surface area contributed by atoms with Crippen LogP contribution in [0.3, 0.4) is 0 Å². The molecule has 1 aromatic carbocycles. The number of ether oxygens (including phenoxy) is 1. The van der Waals surface area contributed by atoms with Crippen molar-refractivity contribution in [3.63, 3.8) is 0 Å². The molecule has 0 amide bonds. The molecule has 0 radical (unpaired) electrons. The zero-order chi connectivity index (χ0) is 17.7. The van der Waals surface area contributed by atoms with Gasteiger partial charge in [0.15, 0.2) is 0 Å². The molecule has 4 heteroatoms. The molecule has 0 aromatic heterocycles. The van der Waals surface area contributed by atoms with Crippen molar-refractivity contribution in [1.82, 2.24) is 10.6 Å². The average molecular weight is 344 g/mol. The van der Waals surface area contributed by atoms with Crippen molar-refractivity contribution in [3.8, 4) is 0 Å². The van der Waals surface area contributed by atoms with E-state index >= 15 is 4.39 Å². The molecule has 1 aromatic rings. The molecule has 0 saturated heterocycles. The van der Waals surface area contributed by atoms with E-state index in [1.165, 1.54) is 20.0 Å². The fraction of sp³-hybridized carbons (Fsp3) is 0.524. The highest BCUT2D eigenvalue weighted by atomic mass is 19.2. The summed E-state index contributed by atoms with van der Waals surface area (Å²) < 4.78 is 20.3. The molecule has 0 bridgehead atoms. The number of methoxy groups -OCH3 is 1. The summed E-state index contributed by atoms with van der Waals surface area (Å²) in [5.41, 5.74) is 2.16. The van der Waals surface area contributed by atoms with E-state index in [1.54, 1.807) is 6.08 Å². The van der Waals surface area contributed by atoms with E-state index in [4.69, 9.17) is 4.74 Å². The smallest absolute Gasteiger partial charge is 0.236 e. The Hall–Kier alpha value is -1.49. The summed E-state index contributed by atoms with van der Waals surface area (Å²) in [6, 6.07) is 11.2. The minimum atomic E-state index is -1.74. The first-order chi connectivity index (χ1) is 12.1. The van der Waals surface area contributed by atoms with E-state index in [9.17, 15) is 0 Å². The van der Waals surface area contributed by atoms with E-state index < -0.39 is 5.85 Å². The second-order valence-corrected chi connectivity index (χ2v) is 7.08. The number of hydrogen-bond donors (Lipinski definition) is 2. The predicted molar refractivity (Wildman–Crippen MR) is 101 cm³/mol. The number of allylic oxidation sites excluding steroid dienone is 2. The molecule has 0 heterocycles. The molecule has 2 aliphatic rings. The number of rotatable bonds is 6. The number of hydrogen-bond acceptors (Lipinski definition) is 3. The van der Waals surface area contributed by atoms with Gasteiger partial charge >= 0.3 is 0 Å². The van der Waals surface area contributed by atoms with Crippen LogP contribution in [0.4, 0.5) is 4.39 Å². The zero-order valence-corrected chi connectivity index (χ0v) is 15.2. The molecule has 0 aliphatic heterocycles. The summed E-state index contributed by atoms with van der Waals surface area (Å²) >= 11 is 0. The van der Waals surface area contributed by atoms with Gasteiger partial charge in [-0.3, -0.25) is 0 Å². The number of benzene rings is 1. The third-order valence-electron chi connectivity index (χ3n) is 5.56. The van der Waals surface area contributed by atoms with Gasteiger partial charge in [-0.15, -0.1) is 0 Å². The zero-order valence-electron chi connectivity index (χ0n) is 15.2. The van der Waals surface area contributed by atoms with E-state index in [0.717, 1.165) is 24.0 Å². The Morgan fingerprint density at radius 3 is 2.44 bits per heavy atom. The van der Waals surface area contributed by atoms with Crippen molar-refractivity contribution >= 4 is 5.57 Å². The van der Waals surface area contributed by atoms with Crippen LogP contribution in [0.25, 0.3) is 5.57 Å². The maximum absolute atomic E-state index is 15.1. The highest BCUT2D eigenvalue weighted by Gasteiger charge is 2.38. The van der Waals surface area contributed by atoms with E-state index in [0.29, 0.717) is 18.6 Å². The monoisotopic (exact) mass is 344 g/mol. The molecule has 2 atom stereocenters. The van der Waals surface area contributed by atoms with E-state index in [2.05, 4.69) is 22.8 Å². The summed E-state index contributed by atoms with van der Waals surface area (Å²) in [6.07, 6.45) is 10.0. The van der Waals surface area contributed by atoms with Gasteiger partial charge in [0.25, 0.3) is 0 Å². The van der Waals surface area contributed by atoms with Crippen LogP contribution in [0.1, 0.15) is 31.2 Å². The van der Waals surface area contributed by atoms with Crippen molar-refractivity contribution in [2.75, 3.05) is 20.7 Å². The fourth-order valence-corrected chi connectivity index (χ4v) is 3.83. The SMILES string of the molecule is CNC1CCC(NCC2C=C(c3ccccc3)C=CC2(F)OC)CC1. The Morgan fingerprint density at radius 1 is 1.12 bits per heavy atom. The number of halogens is 1. The van der Waals surface area contributed by atoms with Crippen LogP contribution in [-0.4, -0.2) is 38.6 Å². The minimum absolute atomic E-state index is 0.334. The Bertz CT molecular complexity index is 608. The largest absolute Gasteiger partial charge is 0.346 e. The highest BCUT2D eigenvalue weighted by molar-refractivity contribution is 5.75. The molecule has 1 saturated carbocycles. The van der Waals surface area contributed by atoms with Crippen LogP contribution in [0.5, 0.6) is 0 Å². The maximum atomic E-state index is 15.1. The standard InChI is InChI=1S/C21H29FN2O/c1-23-19-8-10-20(11-9-19)24-15-18-14-17(12-13-21(18,22)25-2)16-6-4-3-5-7-16/h3-7,12-14,18-20,23-24H,8-11,15H2,1-2H3. The van der Waals surface area contributed by atoms with Crippen LogP contribution >= 0.6 is 0 Å². The lowest BCUT2D eigenvalue weighted by molar-refractivity contribution is -0.110. The molecule has 2 aliphatic carbocycles. The van der Waals surface area contributed by atoms with Gasteiger partial charge in [-0.25, -0.2) is 4.39 Å². The molecule has 2 N–H and O–H groups in total. The van der Waals surface area contributed by atoms with Gasteiger partial charge in [0, 0.05) is 25.7 Å². The van der Waals surface area contributed by atoms with Crippen LogP contribution in [0.15, 0.2) is 48.6 Å². The lowest BCUT2D eigenvalue weighted by atomic mass is 9.87. The molecule has 0 spiro atoms. The first kappa shape index (κ1) is 18.3. The first-order valence-electron chi connectivity index (χ1n) is 9.26. The van der Waals surface area contributed by atoms with Gasteiger partial charge in [0.1, 0.15) is 0 Å². The molecule has 136 valence electrons.